The van der Waals surface area contributed by atoms with Crippen molar-refractivity contribution in [1.82, 2.24) is 4.98 Å². The van der Waals surface area contributed by atoms with E-state index in [-0.39, 0.29) is 11.5 Å². The van der Waals surface area contributed by atoms with Crippen molar-refractivity contribution in [3.8, 4) is 0 Å². The van der Waals surface area contributed by atoms with Crippen molar-refractivity contribution in [3.05, 3.63) is 6.20 Å². The monoisotopic (exact) mass is 190 g/mol. The second-order valence-electron chi connectivity index (χ2n) is 2.05. The zero-order valence-corrected chi connectivity index (χ0v) is 7.01. The number of anilines is 1. The topological polar surface area (TPSA) is 65.4 Å². The van der Waals surface area contributed by atoms with Crippen LogP contribution in [-0.2, 0) is 0 Å². The first-order chi connectivity index (χ1) is 5.74. The molecule has 0 aliphatic carbocycles. The summed E-state index contributed by atoms with van der Waals surface area (Å²) >= 11 is 1.09. The van der Waals surface area contributed by atoms with Gasteiger partial charge in [0, 0.05) is 6.54 Å². The molecule has 0 atom stereocenters. The number of nitrogens with one attached hydrogen (secondary N) is 1. The van der Waals surface area contributed by atoms with Gasteiger partial charge in [-0.3, -0.25) is 4.98 Å². The number of hydrogen-bond acceptors (Lipinski definition) is 5. The molecule has 7 heteroatoms. The van der Waals surface area contributed by atoms with Crippen LogP contribution in [0.2, 0.25) is 0 Å². The zero-order chi connectivity index (χ0) is 8.97. The molecular weight excluding hydrogens is 182 g/mol. The van der Waals surface area contributed by atoms with E-state index in [4.69, 9.17) is 10.0 Å². The second kappa shape index (κ2) is 4.39. The molecule has 12 heavy (non-hydrogen) atoms. The van der Waals surface area contributed by atoms with Gasteiger partial charge in [-0.2, -0.15) is 0 Å². The molecule has 3 N–H and O–H groups in total. The molecule has 0 aliphatic heterocycles. The molecule has 1 heterocycles. The molecule has 0 aliphatic rings. The van der Waals surface area contributed by atoms with Crippen molar-refractivity contribution in [2.24, 2.45) is 0 Å². The Morgan fingerprint density at radius 2 is 2.42 bits per heavy atom. The lowest BCUT2D eigenvalue weighted by Gasteiger charge is -1.95. The van der Waals surface area contributed by atoms with Crippen LogP contribution in [0.25, 0.3) is 0 Å². The molecule has 0 amide bonds. The predicted octanol–water partition coefficient (Wildman–Crippen LogP) is -0.796. The molecule has 1 rings (SSSR count). The Hall–Kier alpha value is -0.655. The molecule has 0 saturated carbocycles. The van der Waals surface area contributed by atoms with Gasteiger partial charge in [0.05, 0.1) is 6.20 Å². The van der Waals surface area contributed by atoms with Crippen LogP contribution in [0, 0.1) is 0 Å². The van der Waals surface area contributed by atoms with E-state index in [1.807, 2.05) is 0 Å². The van der Waals surface area contributed by atoms with Gasteiger partial charge in [0.15, 0.2) is 0 Å². The molecule has 0 fully saturated rings. The Kier molecular flexibility index (Phi) is 3.45. The van der Waals surface area contributed by atoms with Crippen LogP contribution in [-0.4, -0.2) is 35.4 Å². The lowest BCUT2D eigenvalue weighted by atomic mass is 9.94. The molecule has 0 radical (unpaired) electrons. The number of thiazole rings is 1. The molecule has 0 saturated heterocycles. The van der Waals surface area contributed by atoms with Gasteiger partial charge in [0.1, 0.15) is 16.6 Å². The summed E-state index contributed by atoms with van der Waals surface area (Å²) in [4.78, 5) is 3.91. The summed E-state index contributed by atoms with van der Waals surface area (Å²) in [5.41, 5.74) is 0. The van der Waals surface area contributed by atoms with Gasteiger partial charge in [-0.25, -0.2) is 4.39 Å². The summed E-state index contributed by atoms with van der Waals surface area (Å²) < 4.78 is 11.7. The van der Waals surface area contributed by atoms with E-state index in [0.717, 1.165) is 11.3 Å². The maximum Gasteiger partial charge on any atom is 0.519 e. The minimum absolute atomic E-state index is 0.205. The van der Waals surface area contributed by atoms with Gasteiger partial charge in [-0.1, -0.05) is 0 Å². The fraction of sp³-hybridized carbons (Fsp3) is 0.400. The van der Waals surface area contributed by atoms with E-state index in [1.54, 1.807) is 0 Å². The summed E-state index contributed by atoms with van der Waals surface area (Å²) in [6.07, 6.45) is 1.44. The summed E-state index contributed by atoms with van der Waals surface area (Å²) in [6.45, 7) is -0.252. The third-order valence-corrected chi connectivity index (χ3v) is 2.13. The van der Waals surface area contributed by atoms with Crippen LogP contribution in [0.5, 0.6) is 0 Å². The predicted molar refractivity (Wildman–Crippen MR) is 46.4 cm³/mol. The fourth-order valence-corrected chi connectivity index (χ4v) is 1.37. The van der Waals surface area contributed by atoms with E-state index in [2.05, 4.69) is 10.3 Å². The Labute approximate surface area is 73.2 Å². The first-order valence-electron chi connectivity index (χ1n) is 3.35. The first-order valence-corrected chi connectivity index (χ1v) is 4.17. The van der Waals surface area contributed by atoms with Crippen LogP contribution >= 0.6 is 11.3 Å². The minimum atomic E-state index is -1.55. The summed E-state index contributed by atoms with van der Waals surface area (Å²) in [7, 11) is -1.55. The van der Waals surface area contributed by atoms with Crippen LogP contribution in [0.15, 0.2) is 6.20 Å². The number of hydrogen-bond donors (Lipinski definition) is 3. The summed E-state index contributed by atoms with van der Waals surface area (Å²) in [5, 5.41) is 20.7. The van der Waals surface area contributed by atoms with E-state index < -0.39 is 13.8 Å². The van der Waals surface area contributed by atoms with Crippen LogP contribution in [0.1, 0.15) is 0 Å². The van der Waals surface area contributed by atoms with Crippen molar-refractivity contribution >= 4 is 28.4 Å². The van der Waals surface area contributed by atoms with E-state index >= 15 is 0 Å². The summed E-state index contributed by atoms with van der Waals surface area (Å²) in [5.74, 6) is 0. The number of rotatable bonds is 4. The number of halogens is 1. The zero-order valence-electron chi connectivity index (χ0n) is 6.20. The third kappa shape index (κ3) is 2.44. The Morgan fingerprint density at radius 3 is 2.92 bits per heavy atom. The second-order valence-corrected chi connectivity index (χ2v) is 3.11. The number of nitrogens with zero attached hydrogens (tertiary/aromatic N) is 1. The Morgan fingerprint density at radius 1 is 1.67 bits per heavy atom. The molecule has 1 aromatic rings. The van der Waals surface area contributed by atoms with Crippen molar-refractivity contribution < 1.29 is 14.4 Å². The standard InChI is InChI=1S/C5H8BFN2O2S/c7-1-2-8-4-3-9-5(12-4)6(10)11/h3,8,10-11H,1-2H2. The van der Waals surface area contributed by atoms with Gasteiger partial charge in [0.25, 0.3) is 0 Å². The highest BCUT2D eigenvalue weighted by Gasteiger charge is 2.15. The highest BCUT2D eigenvalue weighted by molar-refractivity contribution is 7.24. The van der Waals surface area contributed by atoms with Crippen molar-refractivity contribution in [1.29, 1.82) is 0 Å². The normalized spacial score (nSPS) is 9.92. The molecule has 66 valence electrons. The average molecular weight is 190 g/mol. The smallest absolute Gasteiger partial charge is 0.422 e. The minimum Gasteiger partial charge on any atom is -0.422 e. The average Bonchev–Trinajstić information content (AvgIpc) is 2.48. The van der Waals surface area contributed by atoms with Crippen molar-refractivity contribution in [2.75, 3.05) is 18.5 Å². The van der Waals surface area contributed by atoms with Crippen molar-refractivity contribution in [3.63, 3.8) is 0 Å². The van der Waals surface area contributed by atoms with E-state index in [0.29, 0.717) is 5.00 Å². The molecular formula is C5H8BFN2O2S. The number of aromatic nitrogens is 1. The highest BCUT2D eigenvalue weighted by Crippen LogP contribution is 2.10. The van der Waals surface area contributed by atoms with Crippen LogP contribution in [0.3, 0.4) is 0 Å². The lowest BCUT2D eigenvalue weighted by Crippen LogP contribution is -2.28. The molecule has 0 aromatic carbocycles. The van der Waals surface area contributed by atoms with Crippen LogP contribution in [0.4, 0.5) is 9.39 Å². The molecule has 1 aromatic heterocycles. The fourth-order valence-electron chi connectivity index (χ4n) is 0.659. The quantitative estimate of drug-likeness (QED) is 0.544. The lowest BCUT2D eigenvalue weighted by molar-refractivity contribution is 0.425. The highest BCUT2D eigenvalue weighted by atomic mass is 32.1. The molecule has 0 spiro atoms. The van der Waals surface area contributed by atoms with Gasteiger partial charge in [0.2, 0.25) is 0 Å². The SMILES string of the molecule is OB(O)c1ncc(NCCF)s1. The molecule has 0 bridgehead atoms. The maximum atomic E-state index is 11.7. The van der Waals surface area contributed by atoms with Gasteiger partial charge in [-0.05, 0) is 0 Å². The van der Waals surface area contributed by atoms with Gasteiger partial charge < -0.3 is 15.4 Å². The van der Waals surface area contributed by atoms with Crippen LogP contribution < -0.4 is 10.2 Å². The van der Waals surface area contributed by atoms with E-state index in [1.165, 1.54) is 6.20 Å². The Balaban J connectivity index is 2.52. The van der Waals surface area contributed by atoms with Crippen molar-refractivity contribution in [2.45, 2.75) is 0 Å². The summed E-state index contributed by atoms with van der Waals surface area (Å²) in [6, 6.07) is 0. The maximum absolute atomic E-state index is 11.7. The van der Waals surface area contributed by atoms with Gasteiger partial charge >= 0.3 is 7.12 Å². The Bertz CT molecular complexity index is 245. The number of alkyl halides is 1. The van der Waals surface area contributed by atoms with E-state index in [9.17, 15) is 4.39 Å². The first kappa shape index (κ1) is 9.43. The molecule has 0 unspecified atom stereocenters. The largest absolute Gasteiger partial charge is 0.519 e. The molecule has 4 nitrogen and oxygen atoms in total. The third-order valence-electron chi connectivity index (χ3n) is 1.14. The van der Waals surface area contributed by atoms with Gasteiger partial charge in [-0.15, -0.1) is 11.3 Å².